The van der Waals surface area contributed by atoms with E-state index in [-0.39, 0.29) is 6.04 Å². The second-order valence-electron chi connectivity index (χ2n) is 4.46. The van der Waals surface area contributed by atoms with Crippen LogP contribution in [0.3, 0.4) is 0 Å². The molecule has 0 aromatic carbocycles. The van der Waals surface area contributed by atoms with E-state index in [0.29, 0.717) is 11.8 Å². The van der Waals surface area contributed by atoms with Gasteiger partial charge < -0.3 is 9.88 Å². The van der Waals surface area contributed by atoms with Gasteiger partial charge in [0.05, 0.1) is 12.0 Å². The molecule has 1 saturated heterocycles. The first kappa shape index (κ1) is 11.8. The summed E-state index contributed by atoms with van der Waals surface area (Å²) >= 11 is 0. The lowest BCUT2D eigenvalue weighted by molar-refractivity contribution is 0.521. The number of hydrogen-bond acceptors (Lipinski definition) is 3. The van der Waals surface area contributed by atoms with Gasteiger partial charge in [-0.1, -0.05) is 0 Å². The SMILES string of the molecule is CC(CS(C)=O)n1cncc1[C@@H]1CCCN1. The molecule has 1 aliphatic rings. The highest BCUT2D eigenvalue weighted by Crippen LogP contribution is 2.24. The molecule has 0 aliphatic carbocycles. The standard InChI is InChI=1S/C11H19N3OS/c1-9(7-16(2)15)14-8-12-6-11(14)10-4-3-5-13-10/h6,8-10,13H,3-5,7H2,1-2H3/t9?,10-,16?/m0/s1. The van der Waals surface area contributed by atoms with Crippen LogP contribution in [0.25, 0.3) is 0 Å². The number of nitrogens with zero attached hydrogens (tertiary/aromatic N) is 2. The fourth-order valence-electron chi connectivity index (χ4n) is 2.31. The van der Waals surface area contributed by atoms with Crippen molar-refractivity contribution < 1.29 is 4.21 Å². The maximum Gasteiger partial charge on any atom is 0.0951 e. The molecule has 0 bridgehead atoms. The largest absolute Gasteiger partial charge is 0.329 e. The molecule has 3 atom stereocenters. The van der Waals surface area contributed by atoms with Crippen molar-refractivity contribution in [3.05, 3.63) is 18.2 Å². The number of imidazole rings is 1. The second-order valence-corrected chi connectivity index (χ2v) is 5.94. The molecule has 2 heterocycles. The molecule has 1 aromatic rings. The summed E-state index contributed by atoms with van der Waals surface area (Å²) in [6.45, 7) is 3.19. The molecule has 4 nitrogen and oxygen atoms in total. The van der Waals surface area contributed by atoms with Gasteiger partial charge in [-0.15, -0.1) is 0 Å². The molecule has 1 N–H and O–H groups in total. The van der Waals surface area contributed by atoms with Crippen molar-refractivity contribution in [3.8, 4) is 0 Å². The van der Waals surface area contributed by atoms with Gasteiger partial charge in [-0.2, -0.15) is 0 Å². The van der Waals surface area contributed by atoms with Crippen molar-refractivity contribution >= 4 is 10.8 Å². The summed E-state index contributed by atoms with van der Waals surface area (Å²) in [6, 6.07) is 0.681. The van der Waals surface area contributed by atoms with Gasteiger partial charge in [0, 0.05) is 41.1 Å². The number of aromatic nitrogens is 2. The molecule has 90 valence electrons. The van der Waals surface area contributed by atoms with Crippen molar-refractivity contribution in [1.82, 2.24) is 14.9 Å². The second kappa shape index (κ2) is 5.10. The van der Waals surface area contributed by atoms with Crippen LogP contribution in [0.2, 0.25) is 0 Å². The van der Waals surface area contributed by atoms with Crippen LogP contribution in [0.5, 0.6) is 0 Å². The van der Waals surface area contributed by atoms with Gasteiger partial charge in [0.25, 0.3) is 0 Å². The van der Waals surface area contributed by atoms with Gasteiger partial charge in [-0.05, 0) is 26.3 Å². The van der Waals surface area contributed by atoms with Crippen LogP contribution in [0.15, 0.2) is 12.5 Å². The minimum absolute atomic E-state index is 0.255. The molecule has 1 fully saturated rings. The summed E-state index contributed by atoms with van der Waals surface area (Å²) in [5, 5.41) is 3.47. The molecule has 5 heteroatoms. The Balaban J connectivity index is 2.14. The minimum Gasteiger partial charge on any atom is -0.329 e. The van der Waals surface area contributed by atoms with Gasteiger partial charge in [0.2, 0.25) is 0 Å². The van der Waals surface area contributed by atoms with Gasteiger partial charge in [-0.25, -0.2) is 4.98 Å². The van der Waals surface area contributed by atoms with E-state index in [1.807, 2.05) is 12.5 Å². The summed E-state index contributed by atoms with van der Waals surface area (Å²) in [7, 11) is -0.759. The topological polar surface area (TPSA) is 46.9 Å². The highest BCUT2D eigenvalue weighted by atomic mass is 32.2. The molecule has 1 aliphatic heterocycles. The zero-order valence-corrected chi connectivity index (χ0v) is 10.7. The molecule has 2 unspecified atom stereocenters. The molecule has 2 rings (SSSR count). The highest BCUT2D eigenvalue weighted by molar-refractivity contribution is 7.84. The van der Waals surface area contributed by atoms with Gasteiger partial charge in [0.15, 0.2) is 0 Å². The van der Waals surface area contributed by atoms with Crippen molar-refractivity contribution in [2.24, 2.45) is 0 Å². The average molecular weight is 241 g/mol. The van der Waals surface area contributed by atoms with E-state index in [1.165, 1.54) is 18.5 Å². The number of nitrogens with one attached hydrogen (secondary N) is 1. The van der Waals surface area contributed by atoms with Crippen molar-refractivity contribution in [2.45, 2.75) is 31.8 Å². The van der Waals surface area contributed by atoms with Crippen LogP contribution < -0.4 is 5.32 Å². The molecular weight excluding hydrogens is 222 g/mol. The zero-order valence-electron chi connectivity index (χ0n) is 9.85. The van der Waals surface area contributed by atoms with Crippen LogP contribution >= 0.6 is 0 Å². The Kier molecular flexibility index (Phi) is 3.76. The molecule has 1 aromatic heterocycles. The van der Waals surface area contributed by atoms with Crippen LogP contribution in [-0.2, 0) is 10.8 Å². The van der Waals surface area contributed by atoms with E-state index in [4.69, 9.17) is 0 Å². The fourth-order valence-corrected chi connectivity index (χ4v) is 3.15. The Morgan fingerprint density at radius 1 is 1.75 bits per heavy atom. The summed E-state index contributed by atoms with van der Waals surface area (Å²) in [4.78, 5) is 4.22. The molecule has 0 radical (unpaired) electrons. The Bertz CT molecular complexity index is 371. The van der Waals surface area contributed by atoms with Gasteiger partial charge in [0.1, 0.15) is 0 Å². The van der Waals surface area contributed by atoms with Crippen molar-refractivity contribution in [1.29, 1.82) is 0 Å². The highest BCUT2D eigenvalue weighted by Gasteiger charge is 2.21. The summed E-state index contributed by atoms with van der Waals surface area (Å²) in [5.74, 6) is 0.691. The quantitative estimate of drug-likeness (QED) is 0.863. The average Bonchev–Trinajstić information content (AvgIpc) is 2.87. The summed E-state index contributed by atoms with van der Waals surface area (Å²) in [5.41, 5.74) is 1.23. The fraction of sp³-hybridized carbons (Fsp3) is 0.727. The van der Waals surface area contributed by atoms with Crippen LogP contribution in [0.4, 0.5) is 0 Å². The lowest BCUT2D eigenvalue weighted by atomic mass is 10.1. The molecule has 0 saturated carbocycles. The van der Waals surface area contributed by atoms with Crippen LogP contribution in [0.1, 0.15) is 37.5 Å². The number of rotatable bonds is 4. The van der Waals surface area contributed by atoms with E-state index < -0.39 is 10.8 Å². The molecular formula is C11H19N3OS. The zero-order chi connectivity index (χ0) is 11.5. The maximum atomic E-state index is 11.2. The predicted molar refractivity (Wildman–Crippen MR) is 65.8 cm³/mol. The normalized spacial score (nSPS) is 24.5. The molecule has 0 amide bonds. The smallest absolute Gasteiger partial charge is 0.0951 e. The van der Waals surface area contributed by atoms with Crippen molar-refractivity contribution in [3.63, 3.8) is 0 Å². The minimum atomic E-state index is -0.759. The maximum absolute atomic E-state index is 11.2. The van der Waals surface area contributed by atoms with E-state index in [0.717, 1.165) is 6.54 Å². The monoisotopic (exact) mass is 241 g/mol. The molecule has 0 spiro atoms. The van der Waals surface area contributed by atoms with E-state index >= 15 is 0 Å². The summed E-state index contributed by atoms with van der Waals surface area (Å²) in [6.07, 6.45) is 7.93. The first-order valence-electron chi connectivity index (χ1n) is 5.73. The van der Waals surface area contributed by atoms with Crippen LogP contribution in [-0.4, -0.2) is 32.3 Å². The van der Waals surface area contributed by atoms with Gasteiger partial charge in [-0.3, -0.25) is 4.21 Å². The number of hydrogen-bond donors (Lipinski definition) is 1. The van der Waals surface area contributed by atoms with E-state index in [2.05, 4.69) is 21.8 Å². The van der Waals surface area contributed by atoms with E-state index in [1.54, 1.807) is 6.26 Å². The Morgan fingerprint density at radius 2 is 2.56 bits per heavy atom. The Hall–Kier alpha value is -0.680. The summed E-state index contributed by atoms with van der Waals surface area (Å²) < 4.78 is 13.4. The lowest BCUT2D eigenvalue weighted by Gasteiger charge is -2.19. The first-order chi connectivity index (χ1) is 7.68. The Labute approximate surface area is 98.9 Å². The van der Waals surface area contributed by atoms with Crippen LogP contribution in [0, 0.1) is 0 Å². The predicted octanol–water partition coefficient (Wildman–Crippen LogP) is 1.25. The third-order valence-electron chi connectivity index (χ3n) is 3.06. The Morgan fingerprint density at radius 3 is 3.19 bits per heavy atom. The lowest BCUT2D eigenvalue weighted by Crippen LogP contribution is -2.20. The third-order valence-corrected chi connectivity index (χ3v) is 4.02. The first-order valence-corrected chi connectivity index (χ1v) is 7.46. The van der Waals surface area contributed by atoms with E-state index in [9.17, 15) is 4.21 Å². The third kappa shape index (κ3) is 2.52. The van der Waals surface area contributed by atoms with Gasteiger partial charge >= 0.3 is 0 Å². The molecule has 16 heavy (non-hydrogen) atoms. The van der Waals surface area contributed by atoms with Crippen molar-refractivity contribution in [2.75, 3.05) is 18.6 Å².